The summed E-state index contributed by atoms with van der Waals surface area (Å²) in [6.07, 6.45) is -0.779. The molecule has 1 aromatic rings. The van der Waals surface area contributed by atoms with Crippen molar-refractivity contribution >= 4 is 0 Å². The van der Waals surface area contributed by atoms with Crippen LogP contribution in [0.25, 0.3) is 0 Å². The van der Waals surface area contributed by atoms with Crippen LogP contribution in [0.4, 0.5) is 0 Å². The van der Waals surface area contributed by atoms with Gasteiger partial charge in [0.05, 0.1) is 5.60 Å². The first kappa shape index (κ1) is 11.1. The van der Waals surface area contributed by atoms with Gasteiger partial charge in [-0.05, 0) is 20.8 Å². The van der Waals surface area contributed by atoms with E-state index in [1.165, 1.54) is 0 Å². The number of aliphatic hydroxyl groups excluding tert-OH is 1. The fourth-order valence-electron chi connectivity index (χ4n) is 1.08. The number of nitrogens with zero attached hydrogens (tertiary/aromatic N) is 3. The molecule has 1 heterocycles. The molecule has 0 radical (unpaired) electrons. The fraction of sp³-hybridized carbons (Fsp3) is 0.778. The molecule has 1 rings (SSSR count). The van der Waals surface area contributed by atoms with Crippen LogP contribution < -0.4 is 0 Å². The van der Waals surface area contributed by atoms with E-state index in [9.17, 15) is 5.11 Å². The molecule has 5 heteroatoms. The molecule has 1 atom stereocenters. The number of ether oxygens (including phenoxy) is 1. The Labute approximate surface area is 83.7 Å². The predicted octanol–water partition coefficient (Wildman–Crippen LogP) is 0.582. The SMILES string of the molecule is COC(C)(C)C(O)c1nnc(C)n1C. The Bertz CT molecular complexity index is 320. The van der Waals surface area contributed by atoms with Gasteiger partial charge in [-0.1, -0.05) is 0 Å². The van der Waals surface area contributed by atoms with Crippen molar-refractivity contribution in [3.05, 3.63) is 11.6 Å². The summed E-state index contributed by atoms with van der Waals surface area (Å²) in [6, 6.07) is 0. The number of hydrogen-bond acceptors (Lipinski definition) is 4. The van der Waals surface area contributed by atoms with E-state index >= 15 is 0 Å². The number of aryl methyl sites for hydroxylation is 1. The van der Waals surface area contributed by atoms with Gasteiger partial charge < -0.3 is 14.4 Å². The number of hydrogen-bond donors (Lipinski definition) is 1. The molecule has 0 amide bonds. The first-order valence-electron chi connectivity index (χ1n) is 4.49. The minimum atomic E-state index is -0.779. The largest absolute Gasteiger partial charge is 0.382 e. The van der Waals surface area contributed by atoms with Crippen LogP contribution in [0.5, 0.6) is 0 Å². The summed E-state index contributed by atoms with van der Waals surface area (Å²) in [5.74, 6) is 1.29. The van der Waals surface area contributed by atoms with Gasteiger partial charge in [0.25, 0.3) is 0 Å². The molecule has 1 N–H and O–H groups in total. The Hall–Kier alpha value is -0.940. The smallest absolute Gasteiger partial charge is 0.164 e. The first-order valence-corrected chi connectivity index (χ1v) is 4.49. The van der Waals surface area contributed by atoms with Gasteiger partial charge in [-0.2, -0.15) is 0 Å². The molecule has 14 heavy (non-hydrogen) atoms. The number of aromatic nitrogens is 3. The normalized spacial score (nSPS) is 14.4. The van der Waals surface area contributed by atoms with Crippen molar-refractivity contribution in [2.45, 2.75) is 32.5 Å². The lowest BCUT2D eigenvalue weighted by molar-refractivity contribution is -0.0839. The Morgan fingerprint density at radius 3 is 2.36 bits per heavy atom. The third kappa shape index (κ3) is 1.78. The average Bonchev–Trinajstić information content (AvgIpc) is 2.47. The summed E-state index contributed by atoms with van der Waals surface area (Å²) >= 11 is 0. The van der Waals surface area contributed by atoms with Crippen molar-refractivity contribution < 1.29 is 9.84 Å². The predicted molar refractivity (Wildman–Crippen MR) is 51.8 cm³/mol. The van der Waals surface area contributed by atoms with Gasteiger partial charge >= 0.3 is 0 Å². The maximum absolute atomic E-state index is 9.99. The molecule has 0 bridgehead atoms. The summed E-state index contributed by atoms with van der Waals surface area (Å²) in [6.45, 7) is 5.45. The van der Waals surface area contributed by atoms with Crippen molar-refractivity contribution in [3.63, 3.8) is 0 Å². The molecule has 0 aliphatic rings. The zero-order chi connectivity index (χ0) is 10.9. The average molecular weight is 199 g/mol. The van der Waals surface area contributed by atoms with E-state index in [-0.39, 0.29) is 0 Å². The molecule has 0 fully saturated rings. The second kappa shape index (κ2) is 3.67. The Morgan fingerprint density at radius 2 is 2.00 bits per heavy atom. The summed E-state index contributed by atoms with van der Waals surface area (Å²) in [4.78, 5) is 0. The molecule has 0 saturated carbocycles. The standard InChI is InChI=1S/C9H17N3O2/c1-6-10-11-8(12(6)4)7(13)9(2,3)14-5/h7,13H,1-5H3. The summed E-state index contributed by atoms with van der Waals surface area (Å²) < 4.78 is 6.94. The lowest BCUT2D eigenvalue weighted by Gasteiger charge is -2.28. The molecule has 5 nitrogen and oxygen atoms in total. The molecule has 0 aliphatic carbocycles. The highest BCUT2D eigenvalue weighted by atomic mass is 16.5. The second-order valence-electron chi connectivity index (χ2n) is 3.87. The topological polar surface area (TPSA) is 60.2 Å². The summed E-state index contributed by atoms with van der Waals surface area (Å²) in [7, 11) is 3.38. The Balaban J connectivity index is 3.00. The number of rotatable bonds is 3. The van der Waals surface area contributed by atoms with Gasteiger partial charge in [-0.15, -0.1) is 10.2 Å². The molecule has 0 saturated heterocycles. The minimum Gasteiger partial charge on any atom is -0.382 e. The van der Waals surface area contributed by atoms with Crippen molar-refractivity contribution in [2.24, 2.45) is 7.05 Å². The molecular formula is C9H17N3O2. The van der Waals surface area contributed by atoms with Gasteiger partial charge in [-0.3, -0.25) is 0 Å². The highest BCUT2D eigenvalue weighted by Crippen LogP contribution is 2.26. The summed E-state index contributed by atoms with van der Waals surface area (Å²) in [5.41, 5.74) is -0.659. The lowest BCUT2D eigenvalue weighted by atomic mass is 10.0. The summed E-state index contributed by atoms with van der Waals surface area (Å²) in [5, 5.41) is 17.8. The van der Waals surface area contributed by atoms with Crippen molar-refractivity contribution in [2.75, 3.05) is 7.11 Å². The number of methoxy groups -OCH3 is 1. The highest BCUT2D eigenvalue weighted by molar-refractivity contribution is 5.01. The van der Waals surface area contributed by atoms with Crippen LogP contribution in [0.1, 0.15) is 31.6 Å². The van der Waals surface area contributed by atoms with Gasteiger partial charge in [0, 0.05) is 14.2 Å². The number of aliphatic hydroxyl groups is 1. The Morgan fingerprint density at radius 1 is 1.43 bits per heavy atom. The van der Waals surface area contributed by atoms with Gasteiger partial charge in [0.1, 0.15) is 11.9 Å². The molecule has 80 valence electrons. The van der Waals surface area contributed by atoms with Crippen LogP contribution in [-0.2, 0) is 11.8 Å². The zero-order valence-corrected chi connectivity index (χ0v) is 9.27. The van der Waals surface area contributed by atoms with Crippen LogP contribution in [0.15, 0.2) is 0 Å². The van der Waals surface area contributed by atoms with E-state index in [4.69, 9.17) is 4.74 Å². The van der Waals surface area contributed by atoms with E-state index < -0.39 is 11.7 Å². The van der Waals surface area contributed by atoms with Crippen LogP contribution in [0.2, 0.25) is 0 Å². The van der Waals surface area contributed by atoms with Crippen molar-refractivity contribution in [1.82, 2.24) is 14.8 Å². The van der Waals surface area contributed by atoms with E-state index in [0.717, 1.165) is 5.82 Å². The van der Waals surface area contributed by atoms with Gasteiger partial charge in [0.15, 0.2) is 5.82 Å². The quantitative estimate of drug-likeness (QED) is 0.773. The zero-order valence-electron chi connectivity index (χ0n) is 9.27. The maximum Gasteiger partial charge on any atom is 0.164 e. The molecule has 1 unspecified atom stereocenters. The van der Waals surface area contributed by atoms with Gasteiger partial charge in [0.2, 0.25) is 0 Å². The van der Waals surface area contributed by atoms with Crippen molar-refractivity contribution in [3.8, 4) is 0 Å². The molecule has 0 aliphatic heterocycles. The monoisotopic (exact) mass is 199 g/mol. The third-order valence-corrected chi connectivity index (χ3v) is 2.56. The van der Waals surface area contributed by atoms with E-state index in [1.54, 1.807) is 11.7 Å². The third-order valence-electron chi connectivity index (χ3n) is 2.56. The molecule has 0 aromatic carbocycles. The maximum atomic E-state index is 9.99. The van der Waals surface area contributed by atoms with Crippen LogP contribution >= 0.6 is 0 Å². The Kier molecular flexibility index (Phi) is 2.92. The minimum absolute atomic E-state index is 0.523. The van der Waals surface area contributed by atoms with E-state index in [0.29, 0.717) is 5.82 Å². The lowest BCUT2D eigenvalue weighted by Crippen LogP contribution is -2.33. The molecular weight excluding hydrogens is 182 g/mol. The first-order chi connectivity index (χ1) is 6.40. The molecule has 0 spiro atoms. The van der Waals surface area contributed by atoms with Gasteiger partial charge in [-0.25, -0.2) is 0 Å². The highest BCUT2D eigenvalue weighted by Gasteiger charge is 2.32. The van der Waals surface area contributed by atoms with Crippen LogP contribution in [0.3, 0.4) is 0 Å². The van der Waals surface area contributed by atoms with Crippen LogP contribution in [-0.4, -0.2) is 32.6 Å². The molecule has 1 aromatic heterocycles. The van der Waals surface area contributed by atoms with Crippen molar-refractivity contribution in [1.29, 1.82) is 0 Å². The van der Waals surface area contributed by atoms with E-state index in [2.05, 4.69) is 10.2 Å². The fourth-order valence-corrected chi connectivity index (χ4v) is 1.08. The van der Waals surface area contributed by atoms with E-state index in [1.807, 2.05) is 27.8 Å². The van der Waals surface area contributed by atoms with Crippen LogP contribution in [0, 0.1) is 6.92 Å². The second-order valence-corrected chi connectivity index (χ2v) is 3.87.